The highest BCUT2D eigenvalue weighted by Crippen LogP contribution is 2.29. The zero-order chi connectivity index (χ0) is 16.4. The van der Waals surface area contributed by atoms with E-state index in [1.165, 1.54) is 6.92 Å². The van der Waals surface area contributed by atoms with Crippen LogP contribution in [0.3, 0.4) is 0 Å². The molecule has 0 radical (unpaired) electrons. The number of hydrogen-bond donors (Lipinski definition) is 2. The lowest BCUT2D eigenvalue weighted by molar-refractivity contribution is -0.136. The fraction of sp³-hybridized carbons (Fsp3) is 0.500. The summed E-state index contributed by atoms with van der Waals surface area (Å²) >= 11 is 0.654. The quantitative estimate of drug-likeness (QED) is 0.809. The predicted molar refractivity (Wildman–Crippen MR) is 67.9 cm³/mol. The maximum absolute atomic E-state index is 12.4. The predicted octanol–water partition coefficient (Wildman–Crippen LogP) is 1.30. The third-order valence-electron chi connectivity index (χ3n) is 2.41. The van der Waals surface area contributed by atoms with Crippen LogP contribution in [0, 0.1) is 6.92 Å². The molecule has 1 heterocycles. The van der Waals surface area contributed by atoms with Gasteiger partial charge in [-0.25, -0.2) is 13.2 Å². The van der Waals surface area contributed by atoms with Gasteiger partial charge >= 0.3 is 12.1 Å². The molecule has 0 bridgehead atoms. The number of halogens is 3. The normalized spacial score (nSPS) is 12.9. The molecule has 0 aliphatic carbocycles. The molecule has 0 aliphatic rings. The molecule has 0 aromatic carbocycles. The fourth-order valence-corrected chi connectivity index (χ4v) is 4.38. The molecular formula is C10H12F3NO5S2. The van der Waals surface area contributed by atoms with Crippen LogP contribution in [0.5, 0.6) is 0 Å². The number of carboxylic acid groups (broad SMARTS) is 1. The zero-order valence-corrected chi connectivity index (χ0v) is 12.3. The topological polar surface area (TPSA) is 94.9 Å². The highest BCUT2D eigenvalue weighted by Gasteiger charge is 2.38. The maximum Gasteiger partial charge on any atom is 0.402 e. The maximum atomic E-state index is 12.4. The van der Waals surface area contributed by atoms with Crippen molar-refractivity contribution in [3.8, 4) is 0 Å². The van der Waals surface area contributed by atoms with E-state index in [-0.39, 0.29) is 14.1 Å². The van der Waals surface area contributed by atoms with Crippen LogP contribution in [0.1, 0.15) is 14.5 Å². The summed E-state index contributed by atoms with van der Waals surface area (Å²) in [6.45, 7) is -1.98. The van der Waals surface area contributed by atoms with Gasteiger partial charge in [0.2, 0.25) is 10.0 Å². The third kappa shape index (κ3) is 4.40. The number of thiophene rings is 1. The summed E-state index contributed by atoms with van der Waals surface area (Å²) in [5, 5.41) is 17.5. The summed E-state index contributed by atoms with van der Waals surface area (Å²) in [7, 11) is -4.54. The van der Waals surface area contributed by atoms with Crippen molar-refractivity contribution in [2.75, 3.05) is 19.7 Å². The number of nitrogens with zero attached hydrogens (tertiary/aromatic N) is 1. The molecule has 1 aromatic rings. The second kappa shape index (κ2) is 6.30. The number of aliphatic hydroxyl groups excluding tert-OH is 1. The van der Waals surface area contributed by atoms with Crippen molar-refractivity contribution in [1.29, 1.82) is 0 Å². The lowest BCUT2D eigenvalue weighted by Gasteiger charge is -2.22. The van der Waals surface area contributed by atoms with Crippen LogP contribution in [-0.2, 0) is 10.0 Å². The van der Waals surface area contributed by atoms with Crippen LogP contribution < -0.4 is 0 Å². The smallest absolute Gasteiger partial charge is 0.402 e. The number of aromatic carboxylic acids is 1. The SMILES string of the molecule is Cc1sc(C(=O)O)cc1S(=O)(=O)N(CCO)CC(F)(F)F. The minimum atomic E-state index is -4.78. The summed E-state index contributed by atoms with van der Waals surface area (Å²) in [5.41, 5.74) is 0. The van der Waals surface area contributed by atoms with Gasteiger partial charge < -0.3 is 10.2 Å². The van der Waals surface area contributed by atoms with E-state index < -0.39 is 46.8 Å². The van der Waals surface area contributed by atoms with Crippen molar-refractivity contribution in [2.45, 2.75) is 18.0 Å². The van der Waals surface area contributed by atoms with E-state index in [0.29, 0.717) is 11.3 Å². The van der Waals surface area contributed by atoms with Crippen molar-refractivity contribution in [2.24, 2.45) is 0 Å². The molecule has 0 fully saturated rings. The first-order valence-corrected chi connectivity index (χ1v) is 7.76. The Labute approximate surface area is 122 Å². The molecule has 0 saturated carbocycles. The molecule has 21 heavy (non-hydrogen) atoms. The minimum absolute atomic E-state index is 0.0671. The number of carboxylic acids is 1. The molecule has 0 spiro atoms. The van der Waals surface area contributed by atoms with Gasteiger partial charge in [0.25, 0.3) is 0 Å². The van der Waals surface area contributed by atoms with E-state index in [9.17, 15) is 26.4 Å². The first-order chi connectivity index (χ1) is 9.49. The van der Waals surface area contributed by atoms with Gasteiger partial charge in [-0.3, -0.25) is 0 Å². The van der Waals surface area contributed by atoms with Gasteiger partial charge in [-0.15, -0.1) is 11.3 Å². The Morgan fingerprint density at radius 1 is 1.43 bits per heavy atom. The Kier molecular flexibility index (Phi) is 5.36. The molecule has 0 saturated heterocycles. The van der Waals surface area contributed by atoms with Crippen LogP contribution in [0.25, 0.3) is 0 Å². The number of hydrogen-bond acceptors (Lipinski definition) is 5. The second-order valence-corrected chi connectivity index (χ2v) is 7.18. The lowest BCUT2D eigenvalue weighted by Crippen LogP contribution is -2.40. The monoisotopic (exact) mass is 347 g/mol. The number of rotatable bonds is 6. The molecule has 11 heteroatoms. The van der Waals surface area contributed by atoms with Gasteiger partial charge in [-0.2, -0.15) is 17.5 Å². The summed E-state index contributed by atoms with van der Waals surface area (Å²) in [5.74, 6) is -1.37. The first-order valence-electron chi connectivity index (χ1n) is 5.50. The molecule has 0 aliphatic heterocycles. The van der Waals surface area contributed by atoms with Gasteiger partial charge in [0, 0.05) is 11.4 Å². The van der Waals surface area contributed by atoms with E-state index in [1.807, 2.05) is 0 Å². The molecule has 0 unspecified atom stereocenters. The molecule has 6 nitrogen and oxygen atoms in total. The van der Waals surface area contributed by atoms with Crippen LogP contribution in [-0.4, -0.2) is 54.8 Å². The number of carbonyl (C=O) groups is 1. The molecule has 1 aromatic heterocycles. The zero-order valence-electron chi connectivity index (χ0n) is 10.7. The average Bonchev–Trinajstić information content (AvgIpc) is 2.70. The average molecular weight is 347 g/mol. The molecule has 0 amide bonds. The largest absolute Gasteiger partial charge is 0.477 e. The van der Waals surface area contributed by atoms with E-state index in [1.54, 1.807) is 0 Å². The van der Waals surface area contributed by atoms with E-state index in [0.717, 1.165) is 6.07 Å². The van der Waals surface area contributed by atoms with Crippen molar-refractivity contribution >= 4 is 27.3 Å². The van der Waals surface area contributed by atoms with Crippen LogP contribution >= 0.6 is 11.3 Å². The third-order valence-corrected chi connectivity index (χ3v) is 5.54. The van der Waals surface area contributed by atoms with E-state index in [4.69, 9.17) is 10.2 Å². The van der Waals surface area contributed by atoms with Gasteiger partial charge in [0.05, 0.1) is 11.5 Å². The number of aliphatic hydroxyl groups is 1. The first kappa shape index (κ1) is 17.9. The number of alkyl halides is 3. The van der Waals surface area contributed by atoms with Gasteiger partial charge in [-0.1, -0.05) is 0 Å². The van der Waals surface area contributed by atoms with Crippen LogP contribution in [0.15, 0.2) is 11.0 Å². The van der Waals surface area contributed by atoms with Crippen molar-refractivity contribution < 1.29 is 36.6 Å². The number of aryl methyl sites for hydroxylation is 1. The summed E-state index contributed by atoms with van der Waals surface area (Å²) in [4.78, 5) is 10.1. The van der Waals surface area contributed by atoms with Gasteiger partial charge in [0.1, 0.15) is 11.4 Å². The molecule has 120 valence electrons. The summed E-state index contributed by atoms with van der Waals surface area (Å²) < 4.78 is 61.7. The Hall–Kier alpha value is -1.17. The van der Waals surface area contributed by atoms with Crippen molar-refractivity contribution in [3.05, 3.63) is 15.8 Å². The molecule has 0 atom stereocenters. The molecular weight excluding hydrogens is 335 g/mol. The Morgan fingerprint density at radius 3 is 2.38 bits per heavy atom. The van der Waals surface area contributed by atoms with Gasteiger partial charge in [0.15, 0.2) is 0 Å². The highest BCUT2D eigenvalue weighted by atomic mass is 32.2. The molecule has 2 N–H and O–H groups in total. The lowest BCUT2D eigenvalue weighted by atomic mass is 10.4. The molecule has 1 rings (SSSR count). The Balaban J connectivity index is 3.25. The van der Waals surface area contributed by atoms with Crippen LogP contribution in [0.2, 0.25) is 0 Å². The number of sulfonamides is 1. The second-order valence-electron chi connectivity index (χ2n) is 4.01. The fourth-order valence-electron chi connectivity index (χ4n) is 1.56. The van der Waals surface area contributed by atoms with Gasteiger partial charge in [-0.05, 0) is 13.0 Å². The van der Waals surface area contributed by atoms with Crippen molar-refractivity contribution in [3.63, 3.8) is 0 Å². The Morgan fingerprint density at radius 2 is 2.00 bits per heavy atom. The van der Waals surface area contributed by atoms with Crippen molar-refractivity contribution in [1.82, 2.24) is 4.31 Å². The summed E-state index contributed by atoms with van der Waals surface area (Å²) in [6.07, 6.45) is -4.78. The van der Waals surface area contributed by atoms with E-state index in [2.05, 4.69) is 0 Å². The van der Waals surface area contributed by atoms with Crippen LogP contribution in [0.4, 0.5) is 13.2 Å². The minimum Gasteiger partial charge on any atom is -0.477 e. The standard InChI is InChI=1S/C10H12F3NO5S2/c1-6-8(4-7(20-6)9(16)17)21(18,19)14(2-3-15)5-10(11,12)13/h4,15H,2-3,5H2,1H3,(H,16,17). The Bertz CT molecular complexity index is 623. The summed E-state index contributed by atoms with van der Waals surface area (Å²) in [6, 6.07) is 0.818. The highest BCUT2D eigenvalue weighted by molar-refractivity contribution is 7.89. The van der Waals surface area contributed by atoms with E-state index >= 15 is 0 Å².